The quantitative estimate of drug-likeness (QED) is 0.632. The zero-order valence-electron chi connectivity index (χ0n) is 23.1. The van der Waals surface area contributed by atoms with Crippen LogP contribution in [0.5, 0.6) is 0 Å². The van der Waals surface area contributed by atoms with Gasteiger partial charge in [-0.3, -0.25) is 4.98 Å². The van der Waals surface area contributed by atoms with E-state index in [4.69, 9.17) is 23.4 Å². The van der Waals surface area contributed by atoms with Crippen molar-refractivity contribution in [3.8, 4) is 0 Å². The molecule has 2 aliphatic rings. The molecular weight excluding hydrogens is 446 g/mol. The van der Waals surface area contributed by atoms with E-state index in [-0.39, 0.29) is 6.54 Å². The third-order valence-electron chi connectivity index (χ3n) is 7.06. The van der Waals surface area contributed by atoms with Crippen LogP contribution in [-0.2, 0) is 23.4 Å². The molecule has 3 rings (SSSR count). The Kier molecular flexibility index (Phi) is 7.30. The maximum Gasteiger partial charge on any atom is 0.496 e. The average molecular weight is 486 g/mol. The molecule has 0 saturated carbocycles. The highest BCUT2D eigenvalue weighted by molar-refractivity contribution is 6.62. The Labute approximate surface area is 210 Å². The molecule has 2 fully saturated rings. The van der Waals surface area contributed by atoms with Crippen molar-refractivity contribution >= 4 is 31.9 Å². The van der Waals surface area contributed by atoms with Gasteiger partial charge >= 0.3 is 20.3 Å². The number of nitrogens with zero attached hydrogens (tertiary/aromatic N) is 1. The molecule has 0 unspecified atom stereocenters. The number of carbonyl (C=O) groups is 1. The number of hydrogen-bond donors (Lipinski definition) is 1. The van der Waals surface area contributed by atoms with Gasteiger partial charge in [-0.15, -0.1) is 0 Å². The van der Waals surface area contributed by atoms with Gasteiger partial charge in [-0.2, -0.15) is 0 Å². The molecule has 0 atom stereocenters. The fourth-order valence-electron chi connectivity index (χ4n) is 3.50. The lowest BCUT2D eigenvalue weighted by Gasteiger charge is -2.32. The highest BCUT2D eigenvalue weighted by atomic mass is 16.7. The lowest BCUT2D eigenvalue weighted by molar-refractivity contribution is 0.00578. The Bertz CT molecular complexity index is 935. The molecule has 1 aromatic heterocycles. The molecule has 0 bridgehead atoms. The first-order chi connectivity index (χ1) is 15.8. The van der Waals surface area contributed by atoms with Gasteiger partial charge in [0.15, 0.2) is 0 Å². The van der Waals surface area contributed by atoms with Crippen molar-refractivity contribution in [3.05, 3.63) is 29.5 Å². The highest BCUT2D eigenvalue weighted by Gasteiger charge is 2.53. The Morgan fingerprint density at radius 3 is 1.91 bits per heavy atom. The first kappa shape index (κ1) is 27.7. The van der Waals surface area contributed by atoms with Crippen LogP contribution < -0.4 is 10.8 Å². The SMILES string of the molecule is CC(C)(C)OC(=O)NCC(=Cc1ccc(B2OC(C)(C)C(C)(C)O2)cn1)B1OC(C)(C)C(C)(C)O1. The molecular formula is C25H40B2N2O6. The summed E-state index contributed by atoms with van der Waals surface area (Å²) in [6.07, 6.45) is 3.11. The number of pyridine rings is 1. The largest absolute Gasteiger partial charge is 0.496 e. The molecule has 1 N–H and O–H groups in total. The number of carbonyl (C=O) groups excluding carboxylic acids is 1. The zero-order valence-corrected chi connectivity index (χ0v) is 23.1. The number of nitrogens with one attached hydrogen (secondary N) is 1. The first-order valence-electron chi connectivity index (χ1n) is 12.2. The lowest BCUT2D eigenvalue weighted by Crippen LogP contribution is -2.41. The van der Waals surface area contributed by atoms with Gasteiger partial charge in [0.05, 0.1) is 28.1 Å². The number of hydrogen-bond acceptors (Lipinski definition) is 7. The van der Waals surface area contributed by atoms with E-state index in [2.05, 4.69) is 10.3 Å². The van der Waals surface area contributed by atoms with Crippen molar-refractivity contribution in [2.75, 3.05) is 6.54 Å². The van der Waals surface area contributed by atoms with Crippen LogP contribution in [-0.4, -0.2) is 59.9 Å². The molecule has 2 saturated heterocycles. The van der Waals surface area contributed by atoms with E-state index in [9.17, 15) is 4.79 Å². The summed E-state index contributed by atoms with van der Waals surface area (Å²) < 4.78 is 30.1. The maximum absolute atomic E-state index is 12.3. The van der Waals surface area contributed by atoms with Gasteiger partial charge in [0.2, 0.25) is 0 Å². The van der Waals surface area contributed by atoms with Crippen molar-refractivity contribution in [2.24, 2.45) is 0 Å². The van der Waals surface area contributed by atoms with E-state index in [1.54, 1.807) is 6.20 Å². The summed E-state index contributed by atoms with van der Waals surface area (Å²) in [7, 11) is -1.12. The van der Waals surface area contributed by atoms with E-state index < -0.39 is 48.3 Å². The topological polar surface area (TPSA) is 88.1 Å². The fourth-order valence-corrected chi connectivity index (χ4v) is 3.50. The smallest absolute Gasteiger partial charge is 0.444 e. The van der Waals surface area contributed by atoms with E-state index >= 15 is 0 Å². The van der Waals surface area contributed by atoms with Crippen molar-refractivity contribution < 1.29 is 28.1 Å². The minimum absolute atomic E-state index is 0.187. The second kappa shape index (κ2) is 9.21. The second-order valence-electron chi connectivity index (χ2n) is 12.3. The van der Waals surface area contributed by atoms with Gasteiger partial charge in [0, 0.05) is 18.2 Å². The van der Waals surface area contributed by atoms with Gasteiger partial charge in [0.25, 0.3) is 0 Å². The van der Waals surface area contributed by atoms with E-state index in [0.29, 0.717) is 5.69 Å². The third-order valence-corrected chi connectivity index (χ3v) is 7.06. The Morgan fingerprint density at radius 2 is 1.46 bits per heavy atom. The maximum atomic E-state index is 12.3. The van der Waals surface area contributed by atoms with Crippen LogP contribution in [0.4, 0.5) is 4.79 Å². The van der Waals surface area contributed by atoms with Crippen LogP contribution in [0.15, 0.2) is 23.8 Å². The summed E-state index contributed by atoms with van der Waals surface area (Å²) in [6, 6.07) is 3.82. The molecule has 0 spiro atoms. The van der Waals surface area contributed by atoms with Crippen molar-refractivity contribution in [1.29, 1.82) is 0 Å². The minimum atomic E-state index is -0.639. The number of aromatic nitrogens is 1. The molecule has 2 aliphatic heterocycles. The molecule has 10 heteroatoms. The van der Waals surface area contributed by atoms with Gasteiger partial charge in [-0.05, 0) is 93.8 Å². The summed E-state index contributed by atoms with van der Waals surface area (Å²) in [6.45, 7) is 21.7. The molecule has 0 aliphatic carbocycles. The molecule has 0 aromatic carbocycles. The van der Waals surface area contributed by atoms with Gasteiger partial charge in [0.1, 0.15) is 5.60 Å². The summed E-state index contributed by atoms with van der Waals surface area (Å²) in [5.74, 6) is 0. The van der Waals surface area contributed by atoms with E-state index in [1.807, 2.05) is 94.4 Å². The van der Waals surface area contributed by atoms with Gasteiger partial charge in [-0.1, -0.05) is 6.07 Å². The average Bonchev–Trinajstić information content (AvgIpc) is 3.03. The Balaban J connectivity index is 1.81. The number of amides is 1. The van der Waals surface area contributed by atoms with E-state index in [1.165, 1.54) is 0 Å². The summed E-state index contributed by atoms with van der Waals surface area (Å²) in [5, 5.41) is 2.81. The summed E-state index contributed by atoms with van der Waals surface area (Å²) in [4.78, 5) is 16.9. The molecule has 35 heavy (non-hydrogen) atoms. The molecule has 1 aromatic rings. The Hall–Kier alpha value is -1.87. The zero-order chi connectivity index (χ0) is 26.4. The molecule has 0 radical (unpaired) electrons. The predicted molar refractivity (Wildman–Crippen MR) is 138 cm³/mol. The van der Waals surface area contributed by atoms with Gasteiger partial charge in [-0.25, -0.2) is 4.79 Å². The van der Waals surface area contributed by atoms with Crippen LogP contribution in [0.1, 0.15) is 81.9 Å². The normalized spacial score (nSPS) is 22.9. The van der Waals surface area contributed by atoms with Crippen LogP contribution in [0.3, 0.4) is 0 Å². The van der Waals surface area contributed by atoms with Crippen LogP contribution in [0.2, 0.25) is 0 Å². The van der Waals surface area contributed by atoms with Crippen LogP contribution in [0.25, 0.3) is 6.08 Å². The van der Waals surface area contributed by atoms with E-state index in [0.717, 1.165) is 10.9 Å². The molecule has 192 valence electrons. The predicted octanol–water partition coefficient (Wildman–Crippen LogP) is 3.92. The van der Waals surface area contributed by atoms with Crippen molar-refractivity contribution in [2.45, 2.75) is 104 Å². The van der Waals surface area contributed by atoms with Crippen molar-refractivity contribution in [3.63, 3.8) is 0 Å². The second-order valence-corrected chi connectivity index (χ2v) is 12.3. The van der Waals surface area contributed by atoms with Crippen molar-refractivity contribution in [1.82, 2.24) is 10.3 Å². The number of alkyl carbamates (subject to hydrolysis) is 1. The molecule has 8 nitrogen and oxygen atoms in total. The summed E-state index contributed by atoms with van der Waals surface area (Å²) >= 11 is 0. The summed E-state index contributed by atoms with van der Waals surface area (Å²) in [5.41, 5.74) is -0.214. The first-order valence-corrected chi connectivity index (χ1v) is 12.2. The van der Waals surface area contributed by atoms with Gasteiger partial charge < -0.3 is 28.7 Å². The monoisotopic (exact) mass is 486 g/mol. The van der Waals surface area contributed by atoms with Crippen LogP contribution in [0, 0.1) is 0 Å². The molecule has 1 amide bonds. The number of ether oxygens (including phenoxy) is 1. The third kappa shape index (κ3) is 6.28. The lowest BCUT2D eigenvalue weighted by atomic mass is 9.77. The Morgan fingerprint density at radius 1 is 0.943 bits per heavy atom. The number of rotatable bonds is 5. The fraction of sp³-hybridized carbons (Fsp3) is 0.680. The highest BCUT2D eigenvalue weighted by Crippen LogP contribution is 2.39. The van der Waals surface area contributed by atoms with Crippen LogP contribution >= 0.6 is 0 Å². The molecule has 3 heterocycles. The standard InChI is InChI=1S/C25H40B2N2O6/c1-21(2,3)31-20(30)29-16-18(27-34-24(8,9)25(10,11)35-27)14-19-13-12-17(15-28-19)26-32-22(4,5)23(6,7)33-26/h12-15H,16H2,1-11H3,(H,29,30). The minimum Gasteiger partial charge on any atom is -0.444 e.